The molecule has 1 amide bonds. The Kier molecular flexibility index (Phi) is 3.47. The smallest absolute Gasteiger partial charge is 0.258 e. The number of nitrogens with zero attached hydrogens (tertiary/aromatic N) is 1. The molecule has 18 heavy (non-hydrogen) atoms. The molecule has 0 aliphatic heterocycles. The second-order valence-corrected chi connectivity index (χ2v) is 4.57. The first-order chi connectivity index (χ1) is 8.58. The number of carbonyl (C=O) groups excluding carboxylic acids is 1. The van der Waals surface area contributed by atoms with Crippen molar-refractivity contribution >= 4 is 11.6 Å². The van der Waals surface area contributed by atoms with Crippen molar-refractivity contribution in [1.29, 1.82) is 0 Å². The highest BCUT2D eigenvalue weighted by Crippen LogP contribution is 2.16. The van der Waals surface area contributed by atoms with Gasteiger partial charge in [-0.3, -0.25) is 4.79 Å². The van der Waals surface area contributed by atoms with Gasteiger partial charge in [0.1, 0.15) is 0 Å². The summed E-state index contributed by atoms with van der Waals surface area (Å²) in [5.41, 5.74) is 3.92. The maximum atomic E-state index is 12.3. The van der Waals surface area contributed by atoms with E-state index in [1.165, 1.54) is 5.56 Å². The summed E-state index contributed by atoms with van der Waals surface area (Å²) in [5.74, 6) is 0.0163. The summed E-state index contributed by atoms with van der Waals surface area (Å²) in [4.78, 5) is 14.0. The maximum Gasteiger partial charge on any atom is 0.258 e. The van der Waals surface area contributed by atoms with Crippen molar-refractivity contribution < 1.29 is 4.79 Å². The van der Waals surface area contributed by atoms with Gasteiger partial charge in [-0.2, -0.15) is 0 Å². The van der Waals surface area contributed by atoms with E-state index in [4.69, 9.17) is 0 Å². The summed E-state index contributed by atoms with van der Waals surface area (Å²) in [5, 5.41) is 0. The monoisotopic (exact) mass is 239 g/mol. The van der Waals surface area contributed by atoms with Gasteiger partial charge in [0.15, 0.2) is 0 Å². The first-order valence-corrected chi connectivity index (χ1v) is 5.99. The lowest BCUT2D eigenvalue weighted by Gasteiger charge is -2.17. The molecule has 2 heteroatoms. The summed E-state index contributed by atoms with van der Waals surface area (Å²) < 4.78 is 0. The first kappa shape index (κ1) is 12.4. The zero-order valence-corrected chi connectivity index (χ0v) is 11.0. The molecular formula is C16H17NO. The molecule has 0 unspecified atom stereocenters. The molecule has 2 nitrogen and oxygen atoms in total. The number of benzene rings is 2. The molecule has 0 atom stereocenters. The second-order valence-electron chi connectivity index (χ2n) is 4.57. The fraction of sp³-hybridized carbons (Fsp3) is 0.188. The van der Waals surface area contributed by atoms with Crippen molar-refractivity contribution in [2.45, 2.75) is 13.8 Å². The van der Waals surface area contributed by atoms with Crippen LogP contribution in [0.4, 0.5) is 5.69 Å². The van der Waals surface area contributed by atoms with Crippen LogP contribution in [0.2, 0.25) is 0 Å². The number of anilines is 1. The molecular weight excluding hydrogens is 222 g/mol. The third kappa shape index (κ3) is 2.59. The number of rotatable bonds is 2. The Hall–Kier alpha value is -2.09. The maximum absolute atomic E-state index is 12.3. The summed E-state index contributed by atoms with van der Waals surface area (Å²) in [7, 11) is 1.80. The fourth-order valence-corrected chi connectivity index (χ4v) is 1.86. The van der Waals surface area contributed by atoms with E-state index in [1.54, 1.807) is 11.9 Å². The zero-order valence-electron chi connectivity index (χ0n) is 11.0. The summed E-state index contributed by atoms with van der Waals surface area (Å²) in [6.07, 6.45) is 0. The fourth-order valence-electron chi connectivity index (χ4n) is 1.86. The van der Waals surface area contributed by atoms with Crippen LogP contribution >= 0.6 is 0 Å². The van der Waals surface area contributed by atoms with Crippen LogP contribution in [0.3, 0.4) is 0 Å². The Labute approximate surface area is 108 Å². The molecule has 0 radical (unpaired) electrons. The van der Waals surface area contributed by atoms with Gasteiger partial charge >= 0.3 is 0 Å². The van der Waals surface area contributed by atoms with Gasteiger partial charge in [-0.25, -0.2) is 0 Å². The topological polar surface area (TPSA) is 20.3 Å². The molecule has 2 aromatic rings. The molecule has 0 fully saturated rings. The Morgan fingerprint density at radius 3 is 2.22 bits per heavy atom. The quantitative estimate of drug-likeness (QED) is 0.784. The second kappa shape index (κ2) is 5.05. The summed E-state index contributed by atoms with van der Waals surface area (Å²) in [6, 6.07) is 15.6. The van der Waals surface area contributed by atoms with Crippen LogP contribution in [0.25, 0.3) is 0 Å². The highest BCUT2D eigenvalue weighted by molar-refractivity contribution is 6.05. The molecule has 0 aliphatic rings. The van der Waals surface area contributed by atoms with E-state index in [-0.39, 0.29) is 5.91 Å². The Bertz CT molecular complexity index is 558. The van der Waals surface area contributed by atoms with Gasteiger partial charge in [0.05, 0.1) is 0 Å². The van der Waals surface area contributed by atoms with Gasteiger partial charge in [-0.1, -0.05) is 35.4 Å². The molecule has 2 rings (SSSR count). The molecule has 0 bridgehead atoms. The molecule has 0 N–H and O–H groups in total. The van der Waals surface area contributed by atoms with Crippen LogP contribution in [0.15, 0.2) is 48.5 Å². The van der Waals surface area contributed by atoms with Crippen molar-refractivity contribution in [2.75, 3.05) is 11.9 Å². The lowest BCUT2D eigenvalue weighted by molar-refractivity contribution is 0.0993. The van der Waals surface area contributed by atoms with E-state index < -0.39 is 0 Å². The van der Waals surface area contributed by atoms with E-state index in [2.05, 4.69) is 0 Å². The van der Waals surface area contributed by atoms with E-state index in [9.17, 15) is 4.79 Å². The predicted molar refractivity (Wildman–Crippen MR) is 75.1 cm³/mol. The normalized spacial score (nSPS) is 10.2. The minimum Gasteiger partial charge on any atom is -0.311 e. The molecule has 2 aromatic carbocycles. The van der Waals surface area contributed by atoms with Crippen LogP contribution in [0, 0.1) is 13.8 Å². The van der Waals surface area contributed by atoms with Crippen LogP contribution < -0.4 is 4.90 Å². The van der Waals surface area contributed by atoms with Gasteiger partial charge in [-0.05, 0) is 38.1 Å². The lowest BCUT2D eigenvalue weighted by atomic mass is 10.1. The van der Waals surface area contributed by atoms with Crippen molar-refractivity contribution in [3.05, 3.63) is 65.2 Å². The predicted octanol–water partition coefficient (Wildman–Crippen LogP) is 3.58. The first-order valence-electron chi connectivity index (χ1n) is 5.99. The average molecular weight is 239 g/mol. The van der Waals surface area contributed by atoms with Gasteiger partial charge in [-0.15, -0.1) is 0 Å². The van der Waals surface area contributed by atoms with Crippen LogP contribution in [0.1, 0.15) is 21.5 Å². The van der Waals surface area contributed by atoms with Crippen LogP contribution in [-0.4, -0.2) is 13.0 Å². The third-order valence-corrected chi connectivity index (χ3v) is 2.99. The molecule has 0 saturated carbocycles. The van der Waals surface area contributed by atoms with E-state index in [0.717, 1.165) is 16.8 Å². The molecule has 0 aliphatic carbocycles. The highest BCUT2D eigenvalue weighted by Gasteiger charge is 2.12. The molecule has 92 valence electrons. The minimum absolute atomic E-state index is 0.0163. The lowest BCUT2D eigenvalue weighted by Crippen LogP contribution is -2.26. The number of hydrogen-bond donors (Lipinski definition) is 0. The highest BCUT2D eigenvalue weighted by atomic mass is 16.2. The average Bonchev–Trinajstić information content (AvgIpc) is 2.38. The van der Waals surface area contributed by atoms with Crippen LogP contribution in [0.5, 0.6) is 0 Å². The third-order valence-electron chi connectivity index (χ3n) is 2.99. The van der Waals surface area contributed by atoms with Crippen molar-refractivity contribution in [2.24, 2.45) is 0 Å². The van der Waals surface area contributed by atoms with E-state index in [1.807, 2.05) is 62.4 Å². The number of hydrogen-bond acceptors (Lipinski definition) is 1. The number of carbonyl (C=O) groups is 1. The van der Waals surface area contributed by atoms with Crippen LogP contribution in [-0.2, 0) is 0 Å². The SMILES string of the molecule is Cc1ccc(N(C)C(=O)c2cccc(C)c2)cc1. The summed E-state index contributed by atoms with van der Waals surface area (Å²) in [6.45, 7) is 4.02. The largest absolute Gasteiger partial charge is 0.311 e. The Morgan fingerprint density at radius 1 is 0.944 bits per heavy atom. The molecule has 0 heterocycles. The molecule has 0 spiro atoms. The van der Waals surface area contributed by atoms with E-state index in [0.29, 0.717) is 0 Å². The van der Waals surface area contributed by atoms with Crippen molar-refractivity contribution in [1.82, 2.24) is 0 Å². The number of amides is 1. The zero-order chi connectivity index (χ0) is 13.1. The molecule has 0 aromatic heterocycles. The van der Waals surface area contributed by atoms with Crippen molar-refractivity contribution in [3.8, 4) is 0 Å². The van der Waals surface area contributed by atoms with Gasteiger partial charge in [0, 0.05) is 18.3 Å². The Morgan fingerprint density at radius 2 is 1.61 bits per heavy atom. The minimum atomic E-state index is 0.0163. The van der Waals surface area contributed by atoms with E-state index >= 15 is 0 Å². The van der Waals surface area contributed by atoms with Gasteiger partial charge in [0.2, 0.25) is 0 Å². The van der Waals surface area contributed by atoms with Gasteiger partial charge < -0.3 is 4.90 Å². The molecule has 0 saturated heterocycles. The number of aryl methyl sites for hydroxylation is 2. The van der Waals surface area contributed by atoms with Gasteiger partial charge in [0.25, 0.3) is 5.91 Å². The Balaban J connectivity index is 2.26. The van der Waals surface area contributed by atoms with Crippen molar-refractivity contribution in [3.63, 3.8) is 0 Å². The standard InChI is InChI=1S/C16H17NO/c1-12-7-9-15(10-8-12)17(3)16(18)14-6-4-5-13(2)11-14/h4-11H,1-3H3. The summed E-state index contributed by atoms with van der Waals surface area (Å²) >= 11 is 0.